The summed E-state index contributed by atoms with van der Waals surface area (Å²) >= 11 is 0. The van der Waals surface area contributed by atoms with Gasteiger partial charge in [0.25, 0.3) is 0 Å². The molecule has 0 saturated carbocycles. The molecule has 0 fully saturated rings. The maximum Gasteiger partial charge on any atom is 0.223 e. The minimum absolute atomic E-state index is 0.275. The SMILES string of the molecule is COCCCc1nc(N)nc(C(C)C)n1. The maximum absolute atomic E-state index is 5.61. The van der Waals surface area contributed by atoms with Gasteiger partial charge < -0.3 is 10.5 Å². The minimum atomic E-state index is 0.275. The molecule has 0 radical (unpaired) electrons. The van der Waals surface area contributed by atoms with Crippen LogP contribution in [0.4, 0.5) is 5.95 Å². The van der Waals surface area contributed by atoms with Gasteiger partial charge in [0.15, 0.2) is 0 Å². The summed E-state index contributed by atoms with van der Waals surface area (Å²) in [4.78, 5) is 12.5. The molecule has 5 nitrogen and oxygen atoms in total. The molecule has 1 aromatic heterocycles. The van der Waals surface area contributed by atoms with Gasteiger partial charge in [0.05, 0.1) is 0 Å². The number of hydrogen-bond acceptors (Lipinski definition) is 5. The molecule has 1 heterocycles. The van der Waals surface area contributed by atoms with Gasteiger partial charge in [0.2, 0.25) is 5.95 Å². The number of nitrogens with zero attached hydrogens (tertiary/aromatic N) is 3. The summed E-state index contributed by atoms with van der Waals surface area (Å²) in [5.74, 6) is 2.09. The van der Waals surface area contributed by atoms with E-state index in [4.69, 9.17) is 10.5 Å². The standard InChI is InChI=1S/C10H18N4O/c1-7(2)9-12-8(5-4-6-15-3)13-10(11)14-9/h7H,4-6H2,1-3H3,(H2,11,12,13,14). The van der Waals surface area contributed by atoms with Crippen molar-refractivity contribution in [2.24, 2.45) is 0 Å². The lowest BCUT2D eigenvalue weighted by molar-refractivity contribution is 0.194. The molecule has 84 valence electrons. The molecule has 5 heteroatoms. The van der Waals surface area contributed by atoms with Gasteiger partial charge in [0, 0.05) is 26.1 Å². The quantitative estimate of drug-likeness (QED) is 0.738. The van der Waals surface area contributed by atoms with Gasteiger partial charge in [-0.2, -0.15) is 9.97 Å². The summed E-state index contributed by atoms with van der Waals surface area (Å²) in [6, 6.07) is 0. The van der Waals surface area contributed by atoms with Crippen LogP contribution in [-0.4, -0.2) is 28.7 Å². The third-order valence-corrected chi connectivity index (χ3v) is 1.98. The highest BCUT2D eigenvalue weighted by atomic mass is 16.5. The molecule has 0 spiro atoms. The Labute approximate surface area is 90.1 Å². The summed E-state index contributed by atoms with van der Waals surface area (Å²) in [6.07, 6.45) is 1.68. The van der Waals surface area contributed by atoms with Gasteiger partial charge in [-0.1, -0.05) is 13.8 Å². The van der Waals surface area contributed by atoms with Gasteiger partial charge in [-0.15, -0.1) is 0 Å². The highest BCUT2D eigenvalue weighted by Crippen LogP contribution is 2.10. The number of rotatable bonds is 5. The molecule has 0 unspecified atom stereocenters. The van der Waals surface area contributed by atoms with Crippen molar-refractivity contribution in [2.75, 3.05) is 19.5 Å². The molecule has 0 aromatic carbocycles. The van der Waals surface area contributed by atoms with Gasteiger partial charge in [-0.25, -0.2) is 4.98 Å². The van der Waals surface area contributed by atoms with E-state index in [0.717, 1.165) is 24.5 Å². The van der Waals surface area contributed by atoms with E-state index in [-0.39, 0.29) is 5.92 Å². The summed E-state index contributed by atoms with van der Waals surface area (Å²) in [5.41, 5.74) is 5.61. The smallest absolute Gasteiger partial charge is 0.223 e. The van der Waals surface area contributed by atoms with Crippen LogP contribution in [0.15, 0.2) is 0 Å². The van der Waals surface area contributed by atoms with Crippen LogP contribution in [-0.2, 0) is 11.2 Å². The Morgan fingerprint density at radius 3 is 2.60 bits per heavy atom. The van der Waals surface area contributed by atoms with Gasteiger partial charge in [-0.3, -0.25) is 0 Å². The Morgan fingerprint density at radius 1 is 1.27 bits per heavy atom. The molecular formula is C10H18N4O. The van der Waals surface area contributed by atoms with E-state index in [0.29, 0.717) is 12.6 Å². The lowest BCUT2D eigenvalue weighted by atomic mass is 10.2. The molecule has 15 heavy (non-hydrogen) atoms. The highest BCUT2D eigenvalue weighted by molar-refractivity contribution is 5.17. The van der Waals surface area contributed by atoms with Crippen LogP contribution < -0.4 is 5.73 Å². The number of hydrogen-bond donors (Lipinski definition) is 1. The average Bonchev–Trinajstić information content (AvgIpc) is 2.17. The Morgan fingerprint density at radius 2 is 2.00 bits per heavy atom. The fraction of sp³-hybridized carbons (Fsp3) is 0.700. The number of anilines is 1. The van der Waals surface area contributed by atoms with Crippen molar-refractivity contribution in [1.29, 1.82) is 0 Å². The van der Waals surface area contributed by atoms with Crippen LogP contribution >= 0.6 is 0 Å². The number of aromatic nitrogens is 3. The van der Waals surface area contributed by atoms with Crippen LogP contribution in [0.1, 0.15) is 37.8 Å². The lowest BCUT2D eigenvalue weighted by Gasteiger charge is -2.06. The summed E-state index contributed by atoms with van der Waals surface area (Å²) in [7, 11) is 1.68. The number of ether oxygens (including phenoxy) is 1. The first-order valence-corrected chi connectivity index (χ1v) is 5.12. The molecule has 0 aliphatic rings. The van der Waals surface area contributed by atoms with Crippen molar-refractivity contribution in [2.45, 2.75) is 32.6 Å². The van der Waals surface area contributed by atoms with Crippen molar-refractivity contribution >= 4 is 5.95 Å². The van der Waals surface area contributed by atoms with Crippen molar-refractivity contribution in [3.05, 3.63) is 11.6 Å². The first kappa shape index (κ1) is 11.8. The number of aryl methyl sites for hydroxylation is 1. The molecule has 0 saturated heterocycles. The second kappa shape index (κ2) is 5.60. The van der Waals surface area contributed by atoms with Crippen molar-refractivity contribution < 1.29 is 4.74 Å². The Hall–Kier alpha value is -1.23. The normalized spacial score (nSPS) is 10.9. The third kappa shape index (κ3) is 3.79. The predicted molar refractivity (Wildman–Crippen MR) is 58.5 cm³/mol. The van der Waals surface area contributed by atoms with E-state index >= 15 is 0 Å². The van der Waals surface area contributed by atoms with Crippen LogP contribution in [0.3, 0.4) is 0 Å². The summed E-state index contributed by atoms with van der Waals surface area (Å²) < 4.78 is 4.97. The molecule has 0 amide bonds. The van der Waals surface area contributed by atoms with E-state index in [9.17, 15) is 0 Å². The van der Waals surface area contributed by atoms with E-state index in [1.54, 1.807) is 7.11 Å². The van der Waals surface area contributed by atoms with Gasteiger partial charge >= 0.3 is 0 Å². The van der Waals surface area contributed by atoms with E-state index in [1.807, 2.05) is 13.8 Å². The zero-order valence-electron chi connectivity index (χ0n) is 9.53. The molecule has 1 rings (SSSR count). The molecule has 0 aliphatic carbocycles. The van der Waals surface area contributed by atoms with E-state index < -0.39 is 0 Å². The van der Waals surface area contributed by atoms with E-state index in [2.05, 4.69) is 15.0 Å². The third-order valence-electron chi connectivity index (χ3n) is 1.98. The molecule has 0 bridgehead atoms. The van der Waals surface area contributed by atoms with Gasteiger partial charge in [-0.05, 0) is 6.42 Å². The van der Waals surface area contributed by atoms with Crippen LogP contribution in [0.2, 0.25) is 0 Å². The number of nitrogen functional groups attached to an aromatic ring is 1. The van der Waals surface area contributed by atoms with Crippen LogP contribution in [0.25, 0.3) is 0 Å². The average molecular weight is 210 g/mol. The van der Waals surface area contributed by atoms with Crippen molar-refractivity contribution in [3.8, 4) is 0 Å². The van der Waals surface area contributed by atoms with Crippen molar-refractivity contribution in [3.63, 3.8) is 0 Å². The second-order valence-corrected chi connectivity index (χ2v) is 3.72. The Kier molecular flexibility index (Phi) is 4.42. The topological polar surface area (TPSA) is 73.9 Å². The summed E-state index contributed by atoms with van der Waals surface area (Å²) in [6.45, 7) is 4.78. The number of methoxy groups -OCH3 is 1. The molecule has 0 atom stereocenters. The van der Waals surface area contributed by atoms with Gasteiger partial charge in [0.1, 0.15) is 11.6 Å². The molecular weight excluding hydrogens is 192 g/mol. The monoisotopic (exact) mass is 210 g/mol. The lowest BCUT2D eigenvalue weighted by Crippen LogP contribution is -2.09. The minimum Gasteiger partial charge on any atom is -0.385 e. The Bertz CT molecular complexity index is 314. The first-order valence-electron chi connectivity index (χ1n) is 5.12. The van der Waals surface area contributed by atoms with Crippen LogP contribution in [0, 0.1) is 0 Å². The fourth-order valence-electron chi connectivity index (χ4n) is 1.20. The van der Waals surface area contributed by atoms with E-state index in [1.165, 1.54) is 0 Å². The zero-order chi connectivity index (χ0) is 11.3. The highest BCUT2D eigenvalue weighted by Gasteiger charge is 2.07. The summed E-state index contributed by atoms with van der Waals surface area (Å²) in [5, 5.41) is 0. The number of nitrogens with two attached hydrogens (primary N) is 1. The fourth-order valence-corrected chi connectivity index (χ4v) is 1.20. The Balaban J connectivity index is 2.71. The molecule has 0 aliphatic heterocycles. The predicted octanol–water partition coefficient (Wildman–Crippen LogP) is 1.16. The molecule has 2 N–H and O–H groups in total. The first-order chi connectivity index (χ1) is 7.13. The maximum atomic E-state index is 5.61. The zero-order valence-corrected chi connectivity index (χ0v) is 9.53. The molecule has 1 aromatic rings. The second-order valence-electron chi connectivity index (χ2n) is 3.72. The largest absolute Gasteiger partial charge is 0.385 e. The van der Waals surface area contributed by atoms with Crippen molar-refractivity contribution in [1.82, 2.24) is 15.0 Å². The van der Waals surface area contributed by atoms with Crippen LogP contribution in [0.5, 0.6) is 0 Å².